The fraction of sp³-hybridized carbons (Fsp3) is 0.632. The number of hydrogen-bond donors (Lipinski definition) is 0. The maximum absolute atomic E-state index is 12.9. The summed E-state index contributed by atoms with van der Waals surface area (Å²) in [5, 5.41) is 11.5. The van der Waals surface area contributed by atoms with Crippen molar-refractivity contribution in [3.05, 3.63) is 29.3 Å². The number of nitrogens with zero attached hydrogens (tertiary/aromatic N) is 5. The second kappa shape index (κ2) is 7.72. The van der Waals surface area contributed by atoms with E-state index >= 15 is 0 Å². The first-order chi connectivity index (χ1) is 13.5. The molecule has 2 aromatic rings. The monoisotopic (exact) mass is 411 g/mol. The van der Waals surface area contributed by atoms with Crippen LogP contribution in [0.5, 0.6) is 5.75 Å². The van der Waals surface area contributed by atoms with Crippen LogP contribution in [0.1, 0.15) is 73.7 Å². The second-order valence-corrected chi connectivity index (χ2v) is 8.49. The molecule has 0 aliphatic heterocycles. The molecule has 1 saturated carbocycles. The van der Waals surface area contributed by atoms with E-state index in [1.165, 1.54) is 16.9 Å². The number of ketones is 1. The van der Waals surface area contributed by atoms with Crippen LogP contribution in [0, 0.1) is 5.41 Å². The molecule has 158 valence electrons. The molecule has 0 radical (unpaired) electrons. The molecule has 1 aliphatic carbocycles. The van der Waals surface area contributed by atoms with Crippen molar-refractivity contribution in [1.82, 2.24) is 25.2 Å². The highest BCUT2D eigenvalue weighted by molar-refractivity contribution is 5.95. The predicted molar refractivity (Wildman–Crippen MR) is 97.7 cm³/mol. The van der Waals surface area contributed by atoms with Gasteiger partial charge in [0.2, 0.25) is 0 Å². The van der Waals surface area contributed by atoms with Crippen LogP contribution >= 0.6 is 0 Å². The molecule has 3 rings (SSSR count). The molecular formula is C19H24F3N5O2. The van der Waals surface area contributed by atoms with Crippen molar-refractivity contribution in [2.24, 2.45) is 12.5 Å². The van der Waals surface area contributed by atoms with Crippen LogP contribution in [0.3, 0.4) is 0 Å². The van der Waals surface area contributed by atoms with Gasteiger partial charge in [0, 0.05) is 37.2 Å². The van der Waals surface area contributed by atoms with Crippen LogP contribution in [0.4, 0.5) is 13.2 Å². The first-order valence-corrected chi connectivity index (χ1v) is 9.40. The van der Waals surface area contributed by atoms with E-state index in [1.54, 1.807) is 7.05 Å². The molecule has 1 fully saturated rings. The van der Waals surface area contributed by atoms with Crippen molar-refractivity contribution in [3.8, 4) is 5.75 Å². The molecule has 1 unspecified atom stereocenters. The third-order valence-electron chi connectivity index (χ3n) is 4.99. The van der Waals surface area contributed by atoms with Crippen molar-refractivity contribution < 1.29 is 22.7 Å². The van der Waals surface area contributed by atoms with E-state index in [9.17, 15) is 18.0 Å². The van der Waals surface area contributed by atoms with Crippen molar-refractivity contribution in [2.75, 3.05) is 6.61 Å². The Hall–Kier alpha value is -2.52. The number of aromatic nitrogens is 5. The molecular weight excluding hydrogens is 387 g/mol. The van der Waals surface area contributed by atoms with Gasteiger partial charge >= 0.3 is 6.18 Å². The van der Waals surface area contributed by atoms with Gasteiger partial charge in [0.15, 0.2) is 18.2 Å². The summed E-state index contributed by atoms with van der Waals surface area (Å²) in [6.07, 6.45) is -1.16. The van der Waals surface area contributed by atoms with Gasteiger partial charge in [-0.15, -0.1) is 5.10 Å². The van der Waals surface area contributed by atoms with Gasteiger partial charge < -0.3 is 4.74 Å². The van der Waals surface area contributed by atoms with E-state index in [4.69, 9.17) is 4.74 Å². The summed E-state index contributed by atoms with van der Waals surface area (Å²) >= 11 is 0. The van der Waals surface area contributed by atoms with Gasteiger partial charge in [0.05, 0.1) is 0 Å². The van der Waals surface area contributed by atoms with E-state index in [0.29, 0.717) is 11.4 Å². The van der Waals surface area contributed by atoms with Crippen molar-refractivity contribution >= 4 is 5.78 Å². The van der Waals surface area contributed by atoms with E-state index in [-0.39, 0.29) is 40.9 Å². The zero-order valence-electron chi connectivity index (χ0n) is 16.8. The Bertz CT molecular complexity index is 885. The largest absolute Gasteiger partial charge is 0.484 e. The summed E-state index contributed by atoms with van der Waals surface area (Å²) in [6.45, 7) is 4.52. The number of aryl methyl sites for hydroxylation is 1. The summed E-state index contributed by atoms with van der Waals surface area (Å²) in [5.41, 5.74) is 0.383. The number of ether oxygens (including phenoxy) is 1. The maximum atomic E-state index is 12.9. The minimum atomic E-state index is -4.45. The minimum absolute atomic E-state index is 0.0756. The number of halogens is 3. The molecule has 10 heteroatoms. The molecule has 0 aromatic carbocycles. The van der Waals surface area contributed by atoms with E-state index < -0.39 is 12.8 Å². The van der Waals surface area contributed by atoms with E-state index in [1.807, 2.05) is 20.8 Å². The van der Waals surface area contributed by atoms with Crippen LogP contribution in [-0.2, 0) is 7.05 Å². The average Bonchev–Trinajstić information content (AvgIpc) is 3.37. The van der Waals surface area contributed by atoms with Gasteiger partial charge in [-0.2, -0.15) is 13.2 Å². The van der Waals surface area contributed by atoms with Gasteiger partial charge in [0.1, 0.15) is 11.4 Å². The van der Waals surface area contributed by atoms with Gasteiger partial charge in [-0.1, -0.05) is 20.8 Å². The first-order valence-electron chi connectivity index (χ1n) is 9.40. The van der Waals surface area contributed by atoms with Crippen molar-refractivity contribution in [2.45, 2.75) is 58.0 Å². The Kier molecular flexibility index (Phi) is 5.64. The predicted octanol–water partition coefficient (Wildman–Crippen LogP) is 3.83. The number of rotatable bonds is 7. The van der Waals surface area contributed by atoms with Gasteiger partial charge in [-0.25, -0.2) is 4.68 Å². The number of carbonyl (C=O) groups excluding carboxylic acids is 1. The molecule has 7 nitrogen and oxygen atoms in total. The molecule has 0 bridgehead atoms. The quantitative estimate of drug-likeness (QED) is 0.644. The van der Waals surface area contributed by atoms with Crippen LogP contribution in [0.2, 0.25) is 0 Å². The standard InChI is InChI=1S/C19H24F3N5O2/c1-18(2,3)13(17-24-25-26-27(17)4)7-15(28)14-8-16(29-10-19(20,21)22)12(9-23-14)11-5-6-11/h8-9,11,13H,5-7,10H2,1-4H3. The van der Waals surface area contributed by atoms with Crippen LogP contribution in [-0.4, -0.2) is 43.8 Å². The lowest BCUT2D eigenvalue weighted by Gasteiger charge is -2.28. The van der Waals surface area contributed by atoms with E-state index in [2.05, 4.69) is 20.5 Å². The smallest absolute Gasteiger partial charge is 0.422 e. The molecule has 1 aliphatic rings. The molecule has 1 atom stereocenters. The number of tetrazole rings is 1. The fourth-order valence-electron chi connectivity index (χ4n) is 3.19. The number of pyridine rings is 1. The summed E-state index contributed by atoms with van der Waals surface area (Å²) in [7, 11) is 1.70. The van der Waals surface area contributed by atoms with Crippen LogP contribution in [0.25, 0.3) is 0 Å². The molecule has 0 amide bonds. The zero-order chi connectivity index (χ0) is 21.4. The molecule has 0 spiro atoms. The fourth-order valence-corrected chi connectivity index (χ4v) is 3.19. The molecule has 0 saturated heterocycles. The number of Topliss-reactive ketones (excluding diaryl/α,β-unsaturated/α-hetero) is 1. The van der Waals surface area contributed by atoms with Gasteiger partial charge in [0.25, 0.3) is 0 Å². The lowest BCUT2D eigenvalue weighted by Crippen LogP contribution is -2.25. The Morgan fingerprint density at radius 1 is 1.31 bits per heavy atom. The molecule has 2 aromatic heterocycles. The summed E-state index contributed by atoms with van der Waals surface area (Å²) in [5.74, 6) is 0.193. The van der Waals surface area contributed by atoms with Crippen LogP contribution in [0.15, 0.2) is 12.3 Å². The summed E-state index contributed by atoms with van der Waals surface area (Å²) in [4.78, 5) is 17.2. The minimum Gasteiger partial charge on any atom is -0.484 e. The van der Waals surface area contributed by atoms with E-state index in [0.717, 1.165) is 12.8 Å². The number of hydrogen-bond acceptors (Lipinski definition) is 6. The number of carbonyl (C=O) groups is 1. The summed E-state index contributed by atoms with van der Waals surface area (Å²) in [6, 6.07) is 1.33. The Morgan fingerprint density at radius 2 is 2.00 bits per heavy atom. The maximum Gasteiger partial charge on any atom is 0.422 e. The van der Waals surface area contributed by atoms with Gasteiger partial charge in [-0.05, 0) is 34.6 Å². The molecule has 29 heavy (non-hydrogen) atoms. The SMILES string of the molecule is Cn1nnnc1C(CC(=O)c1cc(OCC(F)(F)F)c(C2CC2)cn1)C(C)(C)C. The first kappa shape index (κ1) is 21.2. The Labute approximate surface area is 166 Å². The summed E-state index contributed by atoms with van der Waals surface area (Å²) < 4.78 is 44.4. The highest BCUT2D eigenvalue weighted by atomic mass is 19.4. The third-order valence-corrected chi connectivity index (χ3v) is 4.99. The van der Waals surface area contributed by atoms with Crippen molar-refractivity contribution in [1.29, 1.82) is 0 Å². The molecule has 0 N–H and O–H groups in total. The molecule has 2 heterocycles. The topological polar surface area (TPSA) is 82.8 Å². The highest BCUT2D eigenvalue weighted by Crippen LogP contribution is 2.44. The second-order valence-electron chi connectivity index (χ2n) is 8.49. The lowest BCUT2D eigenvalue weighted by atomic mass is 9.77. The van der Waals surface area contributed by atoms with Crippen molar-refractivity contribution in [3.63, 3.8) is 0 Å². The Morgan fingerprint density at radius 3 is 2.52 bits per heavy atom. The Balaban J connectivity index is 1.85. The normalized spacial score (nSPS) is 16.0. The zero-order valence-corrected chi connectivity index (χ0v) is 16.8. The number of alkyl halides is 3. The average molecular weight is 411 g/mol. The van der Waals surface area contributed by atoms with Gasteiger partial charge in [-0.3, -0.25) is 9.78 Å². The third kappa shape index (κ3) is 5.30. The highest BCUT2D eigenvalue weighted by Gasteiger charge is 2.35. The lowest BCUT2D eigenvalue weighted by molar-refractivity contribution is -0.153. The van der Waals surface area contributed by atoms with Crippen LogP contribution < -0.4 is 4.74 Å².